The summed E-state index contributed by atoms with van der Waals surface area (Å²) in [5.74, 6) is 0.769. The molecule has 0 saturated heterocycles. The molecule has 2 aromatic rings. The van der Waals surface area contributed by atoms with E-state index in [4.69, 9.17) is 15.9 Å². The molecular formula is C14H15N3O. The highest BCUT2D eigenvalue weighted by atomic mass is 16.5. The molecule has 0 aliphatic heterocycles. The van der Waals surface area contributed by atoms with Crippen LogP contribution in [-0.2, 0) is 6.61 Å². The van der Waals surface area contributed by atoms with Gasteiger partial charge in [0, 0.05) is 11.8 Å². The number of nitrogens with zero attached hydrogens (tertiary/aromatic N) is 1. The van der Waals surface area contributed by atoms with E-state index in [1.54, 1.807) is 12.3 Å². The molecule has 4 nitrogen and oxygen atoms in total. The van der Waals surface area contributed by atoms with E-state index in [0.29, 0.717) is 12.2 Å². The first kappa shape index (κ1) is 12.1. The van der Waals surface area contributed by atoms with Crippen molar-refractivity contribution in [1.29, 1.82) is 5.41 Å². The van der Waals surface area contributed by atoms with E-state index < -0.39 is 0 Å². The lowest BCUT2D eigenvalue weighted by atomic mass is 10.1. The molecule has 1 aromatic heterocycles. The largest absolute Gasteiger partial charge is 0.487 e. The molecular weight excluding hydrogens is 226 g/mol. The molecule has 0 aliphatic carbocycles. The molecule has 2 rings (SSSR count). The summed E-state index contributed by atoms with van der Waals surface area (Å²) in [5, 5.41) is 7.41. The second-order valence-electron chi connectivity index (χ2n) is 4.00. The number of ether oxygens (including phenoxy) is 1. The molecule has 0 unspecified atom stereocenters. The Morgan fingerprint density at radius 2 is 2.17 bits per heavy atom. The number of amidine groups is 1. The normalized spacial score (nSPS) is 10.1. The van der Waals surface area contributed by atoms with E-state index in [2.05, 4.69) is 4.98 Å². The van der Waals surface area contributed by atoms with Gasteiger partial charge in [0.1, 0.15) is 18.2 Å². The van der Waals surface area contributed by atoms with Crippen LogP contribution in [0.25, 0.3) is 0 Å². The fourth-order valence-corrected chi connectivity index (χ4v) is 1.56. The van der Waals surface area contributed by atoms with Gasteiger partial charge in [-0.15, -0.1) is 0 Å². The number of benzene rings is 1. The van der Waals surface area contributed by atoms with Crippen LogP contribution in [0.15, 0.2) is 42.6 Å². The highest BCUT2D eigenvalue weighted by Gasteiger charge is 2.04. The van der Waals surface area contributed by atoms with Gasteiger partial charge in [-0.05, 0) is 30.7 Å². The number of hydrogen-bond donors (Lipinski definition) is 2. The lowest BCUT2D eigenvalue weighted by Crippen LogP contribution is -2.11. The summed E-state index contributed by atoms with van der Waals surface area (Å²) in [5.41, 5.74) is 7.99. The minimum absolute atomic E-state index is 0.0395. The molecule has 0 aliphatic rings. The zero-order valence-corrected chi connectivity index (χ0v) is 10.2. The SMILES string of the molecule is Cc1ccc(C(=N)N)cc1OCc1ccccn1. The number of nitrogens with two attached hydrogens (primary N) is 1. The number of nitrogens with one attached hydrogen (secondary N) is 1. The van der Waals surface area contributed by atoms with E-state index in [-0.39, 0.29) is 5.84 Å². The van der Waals surface area contributed by atoms with E-state index >= 15 is 0 Å². The van der Waals surface area contributed by atoms with Gasteiger partial charge in [0.05, 0.1) is 5.69 Å². The number of hydrogen-bond acceptors (Lipinski definition) is 3. The van der Waals surface area contributed by atoms with Gasteiger partial charge in [-0.3, -0.25) is 10.4 Å². The Kier molecular flexibility index (Phi) is 3.57. The summed E-state index contributed by atoms with van der Waals surface area (Å²) in [6.45, 7) is 2.36. The molecule has 18 heavy (non-hydrogen) atoms. The Labute approximate surface area is 106 Å². The van der Waals surface area contributed by atoms with E-state index in [1.165, 1.54) is 0 Å². The van der Waals surface area contributed by atoms with Crippen LogP contribution in [-0.4, -0.2) is 10.8 Å². The summed E-state index contributed by atoms with van der Waals surface area (Å²) < 4.78 is 5.70. The summed E-state index contributed by atoms with van der Waals surface area (Å²) in [4.78, 5) is 4.19. The fraction of sp³-hybridized carbons (Fsp3) is 0.143. The molecule has 4 heteroatoms. The zero-order chi connectivity index (χ0) is 13.0. The number of pyridine rings is 1. The average molecular weight is 241 g/mol. The predicted molar refractivity (Wildman–Crippen MR) is 70.8 cm³/mol. The molecule has 0 amide bonds. The van der Waals surface area contributed by atoms with Crippen LogP contribution >= 0.6 is 0 Å². The summed E-state index contributed by atoms with van der Waals surface area (Å²) in [6.07, 6.45) is 1.73. The van der Waals surface area contributed by atoms with Crippen molar-refractivity contribution in [3.05, 3.63) is 59.4 Å². The van der Waals surface area contributed by atoms with Gasteiger partial charge in [-0.2, -0.15) is 0 Å². The summed E-state index contributed by atoms with van der Waals surface area (Å²) in [6, 6.07) is 11.2. The molecule has 0 spiro atoms. The number of nitrogen functional groups attached to an aromatic ring is 1. The first-order valence-electron chi connectivity index (χ1n) is 5.64. The van der Waals surface area contributed by atoms with Crippen molar-refractivity contribution in [2.75, 3.05) is 0 Å². The third-order valence-corrected chi connectivity index (χ3v) is 2.60. The van der Waals surface area contributed by atoms with E-state index in [9.17, 15) is 0 Å². The van der Waals surface area contributed by atoms with Crippen LogP contribution in [0.1, 0.15) is 16.8 Å². The van der Waals surface area contributed by atoms with Crippen molar-refractivity contribution >= 4 is 5.84 Å². The maximum absolute atomic E-state index is 7.41. The van der Waals surface area contributed by atoms with Crippen molar-refractivity contribution in [2.24, 2.45) is 5.73 Å². The minimum atomic E-state index is 0.0395. The topological polar surface area (TPSA) is 72.0 Å². The van der Waals surface area contributed by atoms with Crippen molar-refractivity contribution in [3.63, 3.8) is 0 Å². The summed E-state index contributed by atoms with van der Waals surface area (Å²) in [7, 11) is 0. The zero-order valence-electron chi connectivity index (χ0n) is 10.2. The van der Waals surface area contributed by atoms with Gasteiger partial charge in [-0.1, -0.05) is 18.2 Å². The van der Waals surface area contributed by atoms with Crippen molar-refractivity contribution in [3.8, 4) is 5.75 Å². The van der Waals surface area contributed by atoms with Crippen LogP contribution in [0.2, 0.25) is 0 Å². The van der Waals surface area contributed by atoms with Gasteiger partial charge in [0.25, 0.3) is 0 Å². The third-order valence-electron chi connectivity index (χ3n) is 2.60. The molecule has 0 fully saturated rings. The molecule has 1 aromatic carbocycles. The Morgan fingerprint density at radius 3 is 2.83 bits per heavy atom. The second kappa shape index (κ2) is 5.31. The Balaban J connectivity index is 2.14. The second-order valence-corrected chi connectivity index (χ2v) is 4.00. The first-order chi connectivity index (χ1) is 8.66. The van der Waals surface area contributed by atoms with Crippen LogP contribution in [0.5, 0.6) is 5.75 Å². The average Bonchev–Trinajstić information content (AvgIpc) is 2.38. The molecule has 0 saturated carbocycles. The number of aromatic nitrogens is 1. The monoisotopic (exact) mass is 241 g/mol. The minimum Gasteiger partial charge on any atom is -0.487 e. The standard InChI is InChI=1S/C14H15N3O/c1-10-5-6-11(14(15)16)8-13(10)18-9-12-4-2-3-7-17-12/h2-8H,9H2,1H3,(H3,15,16). The molecule has 0 radical (unpaired) electrons. The molecule has 1 heterocycles. The molecule has 0 bridgehead atoms. The third kappa shape index (κ3) is 2.85. The maximum Gasteiger partial charge on any atom is 0.130 e. The van der Waals surface area contributed by atoms with Crippen molar-refractivity contribution in [2.45, 2.75) is 13.5 Å². The van der Waals surface area contributed by atoms with Gasteiger partial charge < -0.3 is 10.5 Å². The van der Waals surface area contributed by atoms with Crippen LogP contribution in [0, 0.1) is 12.3 Å². The van der Waals surface area contributed by atoms with Gasteiger partial charge in [0.2, 0.25) is 0 Å². The summed E-state index contributed by atoms with van der Waals surface area (Å²) >= 11 is 0. The number of aryl methyl sites for hydroxylation is 1. The van der Waals surface area contributed by atoms with Gasteiger partial charge >= 0.3 is 0 Å². The quantitative estimate of drug-likeness (QED) is 0.637. The predicted octanol–water partition coefficient (Wildman–Crippen LogP) is 2.25. The van der Waals surface area contributed by atoms with Gasteiger partial charge in [-0.25, -0.2) is 0 Å². The first-order valence-corrected chi connectivity index (χ1v) is 5.64. The maximum atomic E-state index is 7.41. The molecule has 0 atom stereocenters. The highest BCUT2D eigenvalue weighted by molar-refractivity contribution is 5.95. The Bertz CT molecular complexity index is 552. The van der Waals surface area contributed by atoms with E-state index in [0.717, 1.165) is 17.0 Å². The van der Waals surface area contributed by atoms with Crippen LogP contribution in [0.3, 0.4) is 0 Å². The number of rotatable bonds is 4. The lowest BCUT2D eigenvalue weighted by Gasteiger charge is -2.10. The Hall–Kier alpha value is -2.36. The van der Waals surface area contributed by atoms with Crippen molar-refractivity contribution < 1.29 is 4.74 Å². The fourth-order valence-electron chi connectivity index (χ4n) is 1.56. The molecule has 3 N–H and O–H groups in total. The van der Waals surface area contributed by atoms with Crippen LogP contribution < -0.4 is 10.5 Å². The van der Waals surface area contributed by atoms with Gasteiger partial charge in [0.15, 0.2) is 0 Å². The van der Waals surface area contributed by atoms with Crippen LogP contribution in [0.4, 0.5) is 0 Å². The highest BCUT2D eigenvalue weighted by Crippen LogP contribution is 2.20. The Morgan fingerprint density at radius 1 is 1.33 bits per heavy atom. The van der Waals surface area contributed by atoms with E-state index in [1.807, 2.05) is 37.3 Å². The molecule has 92 valence electrons. The van der Waals surface area contributed by atoms with Crippen molar-refractivity contribution in [1.82, 2.24) is 4.98 Å². The lowest BCUT2D eigenvalue weighted by molar-refractivity contribution is 0.299. The smallest absolute Gasteiger partial charge is 0.130 e.